The quantitative estimate of drug-likeness (QED) is 0.0169. The lowest BCUT2D eigenvalue weighted by Crippen LogP contribution is -2.30. The number of aliphatic hydroxyl groups excluding tert-OH is 1. The lowest BCUT2D eigenvalue weighted by molar-refractivity contribution is -0.161. The lowest BCUT2D eigenvalue weighted by Gasteiger charge is -2.21. The van der Waals surface area contributed by atoms with Crippen molar-refractivity contribution < 1.29 is 80.2 Å². The predicted octanol–water partition coefficient (Wildman–Crippen LogP) is 22.4. The third-order valence-corrected chi connectivity index (χ3v) is 19.3. The largest absolute Gasteiger partial charge is 0.472 e. The van der Waals surface area contributed by atoms with Gasteiger partial charge < -0.3 is 33.8 Å². The monoisotopic (exact) mass is 1410 g/mol. The van der Waals surface area contributed by atoms with Gasteiger partial charge in [0.2, 0.25) is 0 Å². The normalized spacial score (nSPS) is 14.1. The van der Waals surface area contributed by atoms with E-state index in [0.29, 0.717) is 25.7 Å². The number of phosphoric acid groups is 2. The van der Waals surface area contributed by atoms with Crippen LogP contribution in [0, 0.1) is 5.92 Å². The van der Waals surface area contributed by atoms with E-state index in [9.17, 15) is 43.2 Å². The van der Waals surface area contributed by atoms with Crippen LogP contribution in [0.25, 0.3) is 0 Å². The number of carbonyl (C=O) groups excluding carboxylic acids is 4. The van der Waals surface area contributed by atoms with Crippen molar-refractivity contribution in [1.82, 2.24) is 0 Å². The van der Waals surface area contributed by atoms with E-state index in [4.69, 9.17) is 37.0 Å². The van der Waals surface area contributed by atoms with Gasteiger partial charge in [-0.2, -0.15) is 0 Å². The van der Waals surface area contributed by atoms with Gasteiger partial charge in [0.25, 0.3) is 0 Å². The molecule has 0 fully saturated rings. The van der Waals surface area contributed by atoms with E-state index >= 15 is 0 Å². The topological polar surface area (TPSA) is 237 Å². The first-order valence-corrected chi connectivity index (χ1v) is 42.4. The molecular formula is C77H146O17P2. The molecule has 0 aromatic carbocycles. The zero-order valence-corrected chi connectivity index (χ0v) is 63.8. The van der Waals surface area contributed by atoms with Crippen molar-refractivity contribution in [2.24, 2.45) is 5.92 Å². The van der Waals surface area contributed by atoms with Crippen molar-refractivity contribution in [1.29, 1.82) is 0 Å². The minimum Gasteiger partial charge on any atom is -0.462 e. The third kappa shape index (κ3) is 70.0. The Morgan fingerprint density at radius 1 is 0.323 bits per heavy atom. The maximum Gasteiger partial charge on any atom is 0.472 e. The summed E-state index contributed by atoms with van der Waals surface area (Å²) in [6.45, 7) is 7.24. The Balaban J connectivity index is 5.22. The van der Waals surface area contributed by atoms with Crippen LogP contribution in [-0.2, 0) is 65.4 Å². The Morgan fingerprint density at radius 2 is 0.562 bits per heavy atom. The van der Waals surface area contributed by atoms with Crippen molar-refractivity contribution in [3.05, 3.63) is 24.3 Å². The van der Waals surface area contributed by atoms with Crippen LogP contribution in [-0.4, -0.2) is 96.7 Å². The van der Waals surface area contributed by atoms with Crippen LogP contribution in [0.4, 0.5) is 0 Å². The highest BCUT2D eigenvalue weighted by molar-refractivity contribution is 7.47. The van der Waals surface area contributed by atoms with Crippen LogP contribution in [0.2, 0.25) is 0 Å². The van der Waals surface area contributed by atoms with Crippen LogP contribution in [0.5, 0.6) is 0 Å². The molecule has 0 radical (unpaired) electrons. The van der Waals surface area contributed by atoms with Crippen molar-refractivity contribution in [2.45, 2.75) is 400 Å². The first-order valence-electron chi connectivity index (χ1n) is 39.5. The highest BCUT2D eigenvalue weighted by atomic mass is 31.2. The first kappa shape index (κ1) is 93.5. The van der Waals surface area contributed by atoms with Gasteiger partial charge in [-0.15, -0.1) is 0 Å². The van der Waals surface area contributed by atoms with Crippen molar-refractivity contribution in [3.8, 4) is 0 Å². The average Bonchev–Trinajstić information content (AvgIpc) is 1.60. The molecular weight excluding hydrogens is 1260 g/mol. The summed E-state index contributed by atoms with van der Waals surface area (Å²) in [7, 11) is -9.92. The number of allylic oxidation sites excluding steroid dienone is 4. The van der Waals surface area contributed by atoms with Gasteiger partial charge in [-0.05, 0) is 57.3 Å². The van der Waals surface area contributed by atoms with Crippen LogP contribution >= 0.6 is 15.6 Å². The molecule has 0 saturated heterocycles. The van der Waals surface area contributed by atoms with Crippen LogP contribution in [0.3, 0.4) is 0 Å². The Labute approximate surface area is 586 Å². The molecule has 3 N–H and O–H groups in total. The average molecular weight is 1410 g/mol. The van der Waals surface area contributed by atoms with Gasteiger partial charge in [-0.3, -0.25) is 37.3 Å². The van der Waals surface area contributed by atoms with Gasteiger partial charge in [-0.1, -0.05) is 329 Å². The van der Waals surface area contributed by atoms with E-state index in [2.05, 4.69) is 58.9 Å². The zero-order chi connectivity index (χ0) is 70.5. The second-order valence-electron chi connectivity index (χ2n) is 27.5. The number of aliphatic hydroxyl groups is 1. The van der Waals surface area contributed by atoms with E-state index in [1.54, 1.807) is 0 Å². The Hall–Kier alpha value is -2.46. The zero-order valence-electron chi connectivity index (χ0n) is 62.0. The standard InChI is InChI=1S/C77H146O17P2/c1-6-9-12-15-18-21-23-24-29-33-37-41-46-51-56-61-75(80)88-67-73(94-77(82)63-58-53-48-43-38-34-31-28-26-25-27-30-32-36-40-44-49-54-59-70(4)5)69-92-96(85,86)90-65-71(78)64-89-95(83,84)91-68-72(66-87-74(79)60-55-50-45-39-20-17-14-11-8-3)93-76(81)62-57-52-47-42-35-22-19-16-13-10-7-2/h21,23-24,29,70-73,78H,6-20,22,25-28,30-69H2,1-5H3,(H,83,84)(H,85,86)/b23-21-,29-24-/t71-,72+,73+/m0/s1. The number of ether oxygens (including phenoxy) is 4. The number of carbonyl (C=O) groups is 4. The predicted molar refractivity (Wildman–Crippen MR) is 391 cm³/mol. The minimum absolute atomic E-state index is 0.102. The molecule has 0 aliphatic heterocycles. The van der Waals surface area contributed by atoms with Gasteiger partial charge in [-0.25, -0.2) is 9.13 Å². The molecule has 96 heavy (non-hydrogen) atoms. The second-order valence-corrected chi connectivity index (χ2v) is 30.4. The molecule has 0 bridgehead atoms. The summed E-state index contributed by atoms with van der Waals surface area (Å²) in [6, 6.07) is 0. The van der Waals surface area contributed by atoms with E-state index in [-0.39, 0.29) is 25.7 Å². The molecule has 0 rings (SSSR count). The molecule has 0 spiro atoms. The fraction of sp³-hybridized carbons (Fsp3) is 0.896. The molecule has 0 saturated carbocycles. The van der Waals surface area contributed by atoms with Gasteiger partial charge in [0.1, 0.15) is 19.3 Å². The van der Waals surface area contributed by atoms with E-state index < -0.39 is 97.5 Å². The summed E-state index contributed by atoms with van der Waals surface area (Å²) >= 11 is 0. The van der Waals surface area contributed by atoms with E-state index in [1.165, 1.54) is 186 Å². The van der Waals surface area contributed by atoms with Crippen molar-refractivity contribution in [2.75, 3.05) is 39.6 Å². The summed E-state index contributed by atoms with van der Waals surface area (Å²) in [4.78, 5) is 72.7. The number of rotatable bonds is 75. The third-order valence-electron chi connectivity index (χ3n) is 17.4. The lowest BCUT2D eigenvalue weighted by atomic mass is 10.0. The van der Waals surface area contributed by atoms with Crippen LogP contribution in [0.15, 0.2) is 24.3 Å². The maximum absolute atomic E-state index is 13.1. The molecule has 0 aliphatic rings. The van der Waals surface area contributed by atoms with Gasteiger partial charge in [0.15, 0.2) is 12.2 Å². The van der Waals surface area contributed by atoms with Gasteiger partial charge >= 0.3 is 39.5 Å². The van der Waals surface area contributed by atoms with Crippen molar-refractivity contribution in [3.63, 3.8) is 0 Å². The summed E-state index contributed by atoms with van der Waals surface area (Å²) in [5.41, 5.74) is 0. The summed E-state index contributed by atoms with van der Waals surface area (Å²) in [5.74, 6) is -1.33. The smallest absolute Gasteiger partial charge is 0.462 e. The number of hydrogen-bond donors (Lipinski definition) is 3. The molecule has 0 amide bonds. The summed E-state index contributed by atoms with van der Waals surface area (Å²) < 4.78 is 68.4. The fourth-order valence-electron chi connectivity index (χ4n) is 11.3. The number of hydrogen-bond acceptors (Lipinski definition) is 15. The van der Waals surface area contributed by atoms with Gasteiger partial charge in [0, 0.05) is 25.7 Å². The minimum atomic E-state index is -4.96. The SMILES string of the molecule is CCCCCC/C=C\C=C/CCCCCCCC(=O)OC[C@H](COP(=O)(O)OC[C@@H](O)COP(=O)(O)OC[C@@H](COC(=O)CCCCCCCCCCC)OC(=O)CCCCCCCCCCCCC)OC(=O)CCCCCCCCCCCCCCCCCCCCC(C)C. The molecule has 5 atom stereocenters. The van der Waals surface area contributed by atoms with Gasteiger partial charge in [0.05, 0.1) is 26.4 Å². The Morgan fingerprint density at radius 3 is 0.854 bits per heavy atom. The molecule has 0 heterocycles. The Kier molecular flexibility index (Phi) is 67.8. The van der Waals surface area contributed by atoms with Crippen LogP contribution in [0.1, 0.15) is 381 Å². The highest BCUT2D eigenvalue weighted by Crippen LogP contribution is 2.45. The molecule has 0 aromatic rings. The Bertz CT molecular complexity index is 1930. The fourth-order valence-corrected chi connectivity index (χ4v) is 12.9. The second kappa shape index (κ2) is 69.6. The first-order chi connectivity index (χ1) is 46.5. The van der Waals surface area contributed by atoms with Crippen LogP contribution < -0.4 is 0 Å². The van der Waals surface area contributed by atoms with Crippen molar-refractivity contribution >= 4 is 39.5 Å². The molecule has 0 aliphatic carbocycles. The molecule has 2 unspecified atom stereocenters. The van der Waals surface area contributed by atoms with E-state index in [0.717, 1.165) is 115 Å². The number of phosphoric ester groups is 2. The number of esters is 4. The molecule has 0 aromatic heterocycles. The maximum atomic E-state index is 13.1. The molecule has 566 valence electrons. The number of unbranched alkanes of at least 4 members (excludes halogenated alkanes) is 44. The molecule has 17 nitrogen and oxygen atoms in total. The summed E-state index contributed by atoms with van der Waals surface area (Å²) in [6.07, 6.45) is 61.9. The summed E-state index contributed by atoms with van der Waals surface area (Å²) in [5, 5.41) is 10.6. The molecule has 19 heteroatoms. The highest BCUT2D eigenvalue weighted by Gasteiger charge is 2.30. The van der Waals surface area contributed by atoms with E-state index in [1.807, 2.05) is 0 Å².